The molecule has 0 spiro atoms. The minimum Gasteiger partial charge on any atom is -0.354 e. The third kappa shape index (κ3) is 3.34. The number of H-pyrrole nitrogens is 2. The molecule has 0 saturated heterocycles. The fourth-order valence-corrected chi connectivity index (χ4v) is 8.73. The van der Waals surface area contributed by atoms with Crippen LogP contribution in [0.15, 0.2) is 156 Å². The normalized spacial score (nSPS) is 13.4. The average molecular weight is 635 g/mol. The monoisotopic (exact) mass is 634 g/mol. The zero-order valence-corrected chi connectivity index (χ0v) is 26.8. The van der Waals surface area contributed by atoms with Crippen molar-refractivity contribution in [1.82, 2.24) is 9.97 Å². The molecule has 4 nitrogen and oxygen atoms in total. The molecule has 2 aliphatic rings. The molecule has 4 heteroatoms. The molecule has 12 rings (SSSR count). The van der Waals surface area contributed by atoms with Gasteiger partial charge in [-0.2, -0.15) is 0 Å². The highest BCUT2D eigenvalue weighted by atomic mass is 14.8. The summed E-state index contributed by atoms with van der Waals surface area (Å²) in [5, 5.41) is 11.8. The van der Waals surface area contributed by atoms with Crippen molar-refractivity contribution in [3.63, 3.8) is 0 Å². The molecule has 8 aromatic carbocycles. The van der Waals surface area contributed by atoms with Crippen molar-refractivity contribution < 1.29 is 0 Å². The zero-order chi connectivity index (χ0) is 32.5. The molecule has 10 aromatic rings. The van der Waals surface area contributed by atoms with Crippen molar-refractivity contribution in [2.24, 2.45) is 9.98 Å². The number of hydrogen-bond donors (Lipinski definition) is 2. The summed E-state index contributed by atoms with van der Waals surface area (Å²) in [6, 6.07) is 52.4. The van der Waals surface area contributed by atoms with Gasteiger partial charge in [-0.05, 0) is 46.7 Å². The van der Waals surface area contributed by atoms with E-state index in [1.165, 1.54) is 48.7 Å². The largest absolute Gasteiger partial charge is 0.354 e. The summed E-state index contributed by atoms with van der Waals surface area (Å²) in [6.07, 6.45) is 0. The number of benzene rings is 8. The first-order valence-electron chi connectivity index (χ1n) is 17.1. The first-order valence-corrected chi connectivity index (χ1v) is 17.1. The van der Waals surface area contributed by atoms with Crippen LogP contribution in [0.4, 0.5) is 11.4 Å². The van der Waals surface area contributed by atoms with E-state index >= 15 is 0 Å². The van der Waals surface area contributed by atoms with Crippen LogP contribution in [-0.4, -0.2) is 15.7 Å². The van der Waals surface area contributed by atoms with E-state index in [0.29, 0.717) is 0 Å². The Balaban J connectivity index is 1.25. The fraction of sp³-hybridized carbons (Fsp3) is 0. The van der Waals surface area contributed by atoms with Crippen LogP contribution in [0.3, 0.4) is 0 Å². The maximum absolute atomic E-state index is 5.69. The third-order valence-corrected chi connectivity index (χ3v) is 10.9. The lowest BCUT2D eigenvalue weighted by molar-refractivity contribution is 1.39. The van der Waals surface area contributed by atoms with E-state index in [9.17, 15) is 0 Å². The summed E-state index contributed by atoms with van der Waals surface area (Å²) in [4.78, 5) is 18.3. The fourth-order valence-electron chi connectivity index (χ4n) is 8.73. The van der Waals surface area contributed by atoms with Crippen LogP contribution in [0.5, 0.6) is 0 Å². The first kappa shape index (κ1) is 26.2. The van der Waals surface area contributed by atoms with Gasteiger partial charge in [0.1, 0.15) is 0 Å². The van der Waals surface area contributed by atoms with Crippen LogP contribution >= 0.6 is 0 Å². The second kappa shape index (κ2) is 9.43. The second-order valence-corrected chi connectivity index (χ2v) is 13.4. The van der Waals surface area contributed by atoms with Crippen molar-refractivity contribution in [1.29, 1.82) is 0 Å². The molecule has 0 unspecified atom stereocenters. The number of hydrogen-bond acceptors (Lipinski definition) is 2. The maximum Gasteiger partial charge on any atom is 0.0817 e. The Hall–Kier alpha value is -6.78. The Bertz CT molecular complexity index is 3320. The number of para-hydroxylation sites is 3. The van der Waals surface area contributed by atoms with Crippen LogP contribution < -0.4 is 10.6 Å². The molecule has 0 radical (unpaired) electrons. The van der Waals surface area contributed by atoms with E-state index in [1.54, 1.807) is 0 Å². The highest BCUT2D eigenvalue weighted by Crippen LogP contribution is 2.43. The molecule has 4 heterocycles. The Morgan fingerprint density at radius 3 is 1.74 bits per heavy atom. The standard InChI is InChI=1S/C46H26N4/c1-4-16-35-27(11-1)29-21-19-25-9-7-14-32(39(25)43(29)48-35)41-34-23-24-38-42(31-13-3-6-18-37(31)47-38)46(34)50-45(41)33-15-8-10-26-20-22-30-28-12-2-5-17-36(28)49-44(30)40(26)33/h1-24,48-49H. The lowest BCUT2D eigenvalue weighted by atomic mass is 9.88. The summed E-state index contributed by atoms with van der Waals surface area (Å²) in [6.45, 7) is 0. The van der Waals surface area contributed by atoms with Gasteiger partial charge < -0.3 is 9.97 Å². The van der Waals surface area contributed by atoms with Crippen molar-refractivity contribution >= 4 is 87.8 Å². The highest BCUT2D eigenvalue weighted by molar-refractivity contribution is 6.41. The predicted molar refractivity (Wildman–Crippen MR) is 208 cm³/mol. The molecule has 0 amide bonds. The van der Waals surface area contributed by atoms with Gasteiger partial charge >= 0.3 is 0 Å². The second-order valence-electron chi connectivity index (χ2n) is 13.4. The first-order chi connectivity index (χ1) is 24.8. The average Bonchev–Trinajstić information content (AvgIpc) is 3.93. The molecule has 2 aromatic heterocycles. The third-order valence-electron chi connectivity index (χ3n) is 10.9. The Morgan fingerprint density at radius 2 is 1.02 bits per heavy atom. The van der Waals surface area contributed by atoms with Crippen LogP contribution in [0.1, 0.15) is 11.1 Å². The molecule has 2 N–H and O–H groups in total. The molecular formula is C46H26N4. The summed E-state index contributed by atoms with van der Waals surface area (Å²) in [7, 11) is 0. The van der Waals surface area contributed by atoms with Crippen LogP contribution in [0.25, 0.3) is 81.9 Å². The summed E-state index contributed by atoms with van der Waals surface area (Å²) in [5.74, 6) is 0. The van der Waals surface area contributed by atoms with Gasteiger partial charge in [-0.1, -0.05) is 115 Å². The molecule has 0 bridgehead atoms. The summed E-state index contributed by atoms with van der Waals surface area (Å²) in [5.41, 5.74) is 13.2. The number of aromatic nitrogens is 2. The van der Waals surface area contributed by atoms with E-state index in [1.807, 2.05) is 0 Å². The number of rotatable bonds is 2. The number of nitrogens with one attached hydrogen (secondary N) is 2. The van der Waals surface area contributed by atoms with Gasteiger partial charge in [-0.25, -0.2) is 9.98 Å². The molecule has 0 aliphatic carbocycles. The van der Waals surface area contributed by atoms with E-state index in [4.69, 9.17) is 9.98 Å². The van der Waals surface area contributed by atoms with E-state index in [2.05, 4.69) is 156 Å². The van der Waals surface area contributed by atoms with Crippen LogP contribution in [-0.2, 0) is 0 Å². The van der Waals surface area contributed by atoms with Crippen LogP contribution in [0, 0.1) is 0 Å². The smallest absolute Gasteiger partial charge is 0.0817 e. The Kier molecular flexibility index (Phi) is 4.94. The number of nitrogens with zero attached hydrogens (tertiary/aromatic N) is 2. The summed E-state index contributed by atoms with van der Waals surface area (Å²) < 4.78 is 0. The molecule has 0 saturated carbocycles. The molecule has 2 aliphatic heterocycles. The molecule has 50 heavy (non-hydrogen) atoms. The van der Waals surface area contributed by atoms with E-state index in [-0.39, 0.29) is 0 Å². The quantitative estimate of drug-likeness (QED) is 0.190. The van der Waals surface area contributed by atoms with Gasteiger partial charge in [0, 0.05) is 70.8 Å². The van der Waals surface area contributed by atoms with Gasteiger partial charge in [-0.15, -0.1) is 0 Å². The minimum atomic E-state index is 0.973. The van der Waals surface area contributed by atoms with Gasteiger partial charge in [0.15, 0.2) is 0 Å². The molecule has 0 fully saturated rings. The van der Waals surface area contributed by atoms with E-state index < -0.39 is 0 Å². The number of aromatic amines is 2. The molecule has 0 atom stereocenters. The van der Waals surface area contributed by atoms with Gasteiger partial charge in [0.25, 0.3) is 0 Å². The van der Waals surface area contributed by atoms with E-state index in [0.717, 1.165) is 72.0 Å². The molecular weight excluding hydrogens is 609 g/mol. The predicted octanol–water partition coefficient (Wildman–Crippen LogP) is 10.5. The topological polar surface area (TPSA) is 56.3 Å². The summed E-state index contributed by atoms with van der Waals surface area (Å²) >= 11 is 0. The Morgan fingerprint density at radius 1 is 0.420 bits per heavy atom. The minimum absolute atomic E-state index is 0.973. The van der Waals surface area contributed by atoms with Crippen molar-refractivity contribution in [3.05, 3.63) is 167 Å². The lowest BCUT2D eigenvalue weighted by Gasteiger charge is -2.15. The molecule has 230 valence electrons. The Labute approximate surface area is 285 Å². The van der Waals surface area contributed by atoms with Crippen LogP contribution in [0.2, 0.25) is 0 Å². The maximum atomic E-state index is 5.69. The van der Waals surface area contributed by atoms with Crippen molar-refractivity contribution in [3.8, 4) is 11.1 Å². The van der Waals surface area contributed by atoms with Crippen molar-refractivity contribution in [2.75, 3.05) is 0 Å². The highest BCUT2D eigenvalue weighted by Gasteiger charge is 2.29. The number of fused-ring (bicyclic) bond motifs is 15. The van der Waals surface area contributed by atoms with Gasteiger partial charge in [-0.3, -0.25) is 0 Å². The van der Waals surface area contributed by atoms with Crippen molar-refractivity contribution in [2.45, 2.75) is 0 Å². The SMILES string of the molecule is c1ccc2c(c1)N=c1ccc3c(c1-2)N=C(c1cccc2ccc4c5ccccc5[nH]c4c12)C=3c1cccc2ccc3c4ccccc4[nH]c3c12. The lowest BCUT2D eigenvalue weighted by Crippen LogP contribution is -2.14. The number of aliphatic imine (C=N–C) groups is 1. The van der Waals surface area contributed by atoms with Gasteiger partial charge in [0.2, 0.25) is 0 Å². The van der Waals surface area contributed by atoms with Gasteiger partial charge in [0.05, 0.1) is 33.5 Å². The zero-order valence-electron chi connectivity index (χ0n) is 26.8.